The predicted molar refractivity (Wildman–Crippen MR) is 58.2 cm³/mol. The second-order valence-corrected chi connectivity index (χ2v) is 3.59. The van der Waals surface area contributed by atoms with Crippen LogP contribution in [0.5, 0.6) is 0 Å². The minimum Gasteiger partial charge on any atom is -0.363 e. The number of hydrogen-bond donors (Lipinski definition) is 0. The third kappa shape index (κ3) is 1.96. The van der Waals surface area contributed by atoms with E-state index in [0.717, 1.165) is 17.2 Å². The molecule has 0 radical (unpaired) electrons. The molecule has 0 spiro atoms. The smallest absolute Gasteiger partial charge is 0.158 e. The van der Waals surface area contributed by atoms with E-state index in [4.69, 9.17) is 0 Å². The predicted octanol–water partition coefficient (Wildman–Crippen LogP) is 1.04. The van der Waals surface area contributed by atoms with E-state index < -0.39 is 0 Å². The number of aromatic nitrogens is 4. The normalized spacial score (nSPS) is 10.3. The van der Waals surface area contributed by atoms with Gasteiger partial charge in [-0.15, -0.1) is 0 Å². The van der Waals surface area contributed by atoms with Crippen molar-refractivity contribution in [1.82, 2.24) is 19.7 Å². The van der Waals surface area contributed by atoms with E-state index in [9.17, 15) is 0 Å². The molecule has 78 valence electrons. The Morgan fingerprint density at radius 1 is 1.27 bits per heavy atom. The van der Waals surface area contributed by atoms with Gasteiger partial charge in [-0.2, -0.15) is 5.10 Å². The topological polar surface area (TPSA) is 46.8 Å². The zero-order chi connectivity index (χ0) is 10.8. The Kier molecular flexibility index (Phi) is 2.37. The summed E-state index contributed by atoms with van der Waals surface area (Å²) in [7, 11) is 3.89. The molecule has 0 aliphatic rings. The zero-order valence-corrected chi connectivity index (χ0v) is 9.05. The van der Waals surface area contributed by atoms with Crippen molar-refractivity contribution in [1.29, 1.82) is 0 Å². The molecule has 0 unspecified atom stereocenters. The molecule has 0 aliphatic heterocycles. The van der Waals surface area contributed by atoms with Crippen LogP contribution in [-0.4, -0.2) is 33.8 Å². The first-order valence-corrected chi connectivity index (χ1v) is 4.68. The number of rotatable bonds is 2. The molecular formula is C10H13N5. The van der Waals surface area contributed by atoms with Crippen molar-refractivity contribution in [3.05, 3.63) is 30.4 Å². The fraction of sp³-hybridized carbons (Fsp3) is 0.300. The molecule has 0 saturated carbocycles. The monoisotopic (exact) mass is 203 g/mol. The van der Waals surface area contributed by atoms with Crippen LogP contribution in [0.1, 0.15) is 5.56 Å². The Morgan fingerprint density at radius 2 is 2.07 bits per heavy atom. The maximum absolute atomic E-state index is 4.19. The van der Waals surface area contributed by atoms with E-state index in [-0.39, 0.29) is 0 Å². The fourth-order valence-electron chi connectivity index (χ4n) is 1.25. The second kappa shape index (κ2) is 3.68. The average molecular weight is 203 g/mol. The van der Waals surface area contributed by atoms with Gasteiger partial charge in [0.2, 0.25) is 0 Å². The summed E-state index contributed by atoms with van der Waals surface area (Å²) in [6.07, 6.45) is 5.28. The largest absolute Gasteiger partial charge is 0.363 e. The summed E-state index contributed by atoms with van der Waals surface area (Å²) in [6.45, 7) is 2.00. The highest BCUT2D eigenvalue weighted by Gasteiger charge is 2.03. The Hall–Kier alpha value is -1.91. The standard InChI is InChI=1S/C10H13N5/c1-8-5-13-15(6-8)10-4-9(14(2)3)11-7-12-10/h4-7H,1-3H3. The van der Waals surface area contributed by atoms with Crippen molar-refractivity contribution in [2.75, 3.05) is 19.0 Å². The van der Waals surface area contributed by atoms with Gasteiger partial charge < -0.3 is 4.90 Å². The minimum absolute atomic E-state index is 0.779. The lowest BCUT2D eigenvalue weighted by molar-refractivity contribution is 0.836. The molecule has 0 fully saturated rings. The third-order valence-electron chi connectivity index (χ3n) is 2.04. The van der Waals surface area contributed by atoms with Gasteiger partial charge in [0.05, 0.1) is 6.20 Å². The van der Waals surface area contributed by atoms with Crippen LogP contribution >= 0.6 is 0 Å². The minimum atomic E-state index is 0.779. The Morgan fingerprint density at radius 3 is 2.67 bits per heavy atom. The van der Waals surface area contributed by atoms with Crippen molar-refractivity contribution < 1.29 is 0 Å². The highest BCUT2D eigenvalue weighted by atomic mass is 15.3. The molecule has 0 saturated heterocycles. The van der Waals surface area contributed by atoms with Crippen molar-refractivity contribution in [3.8, 4) is 5.82 Å². The van der Waals surface area contributed by atoms with Crippen molar-refractivity contribution in [2.24, 2.45) is 0 Å². The second-order valence-electron chi connectivity index (χ2n) is 3.59. The molecule has 2 aromatic heterocycles. The SMILES string of the molecule is Cc1cnn(-c2cc(N(C)C)ncn2)c1. The quantitative estimate of drug-likeness (QED) is 0.731. The Balaban J connectivity index is 2.41. The van der Waals surface area contributed by atoms with E-state index >= 15 is 0 Å². The van der Waals surface area contributed by atoms with Crippen molar-refractivity contribution in [2.45, 2.75) is 6.92 Å². The molecule has 2 heterocycles. The van der Waals surface area contributed by atoms with Crippen LogP contribution in [0.2, 0.25) is 0 Å². The maximum atomic E-state index is 4.19. The lowest BCUT2D eigenvalue weighted by Gasteiger charge is -2.11. The first kappa shape index (κ1) is 9.64. The lowest BCUT2D eigenvalue weighted by atomic mass is 10.4. The molecular weight excluding hydrogens is 190 g/mol. The number of nitrogens with zero attached hydrogens (tertiary/aromatic N) is 5. The van der Waals surface area contributed by atoms with Crippen molar-refractivity contribution in [3.63, 3.8) is 0 Å². The molecule has 0 N–H and O–H groups in total. The van der Waals surface area contributed by atoms with Gasteiger partial charge in [0.15, 0.2) is 5.82 Å². The summed E-state index contributed by atoms with van der Waals surface area (Å²) >= 11 is 0. The van der Waals surface area contributed by atoms with Gasteiger partial charge in [-0.3, -0.25) is 0 Å². The molecule has 0 aromatic carbocycles. The lowest BCUT2D eigenvalue weighted by Crippen LogP contribution is -2.11. The van der Waals surface area contributed by atoms with Crippen LogP contribution in [-0.2, 0) is 0 Å². The average Bonchev–Trinajstić information content (AvgIpc) is 2.65. The zero-order valence-electron chi connectivity index (χ0n) is 9.05. The highest BCUT2D eigenvalue weighted by molar-refractivity contribution is 5.41. The van der Waals surface area contributed by atoms with Gasteiger partial charge in [0.1, 0.15) is 12.1 Å². The Bertz CT molecular complexity index is 460. The summed E-state index contributed by atoms with van der Waals surface area (Å²) in [4.78, 5) is 10.2. The number of anilines is 1. The van der Waals surface area contributed by atoms with Gasteiger partial charge in [-0.1, -0.05) is 0 Å². The van der Waals surface area contributed by atoms with Crippen molar-refractivity contribution >= 4 is 5.82 Å². The summed E-state index contributed by atoms with van der Waals surface area (Å²) in [5.74, 6) is 1.65. The van der Waals surface area contributed by atoms with E-state index in [1.807, 2.05) is 38.2 Å². The van der Waals surface area contributed by atoms with Crippen LogP contribution in [0, 0.1) is 6.92 Å². The van der Waals surface area contributed by atoms with Gasteiger partial charge >= 0.3 is 0 Å². The molecule has 2 rings (SSSR count). The first-order chi connectivity index (χ1) is 7.16. The van der Waals surface area contributed by atoms with E-state index in [2.05, 4.69) is 15.1 Å². The summed E-state index contributed by atoms with van der Waals surface area (Å²) in [6, 6.07) is 1.90. The molecule has 0 aliphatic carbocycles. The molecule has 0 atom stereocenters. The van der Waals surface area contributed by atoms with Crippen LogP contribution in [0.15, 0.2) is 24.8 Å². The van der Waals surface area contributed by atoms with Gasteiger partial charge in [0.25, 0.3) is 0 Å². The van der Waals surface area contributed by atoms with E-state index in [0.29, 0.717) is 0 Å². The number of aryl methyl sites for hydroxylation is 1. The van der Waals surface area contributed by atoms with Crippen LogP contribution in [0.3, 0.4) is 0 Å². The fourth-order valence-corrected chi connectivity index (χ4v) is 1.25. The summed E-state index contributed by atoms with van der Waals surface area (Å²) in [5.41, 5.74) is 1.11. The first-order valence-electron chi connectivity index (χ1n) is 4.68. The van der Waals surface area contributed by atoms with E-state index in [1.54, 1.807) is 17.2 Å². The summed E-state index contributed by atoms with van der Waals surface area (Å²) in [5, 5.41) is 4.19. The van der Waals surface area contributed by atoms with Crippen LogP contribution < -0.4 is 4.90 Å². The molecule has 0 amide bonds. The van der Waals surface area contributed by atoms with Gasteiger partial charge in [-0.25, -0.2) is 14.6 Å². The molecule has 2 aromatic rings. The van der Waals surface area contributed by atoms with Gasteiger partial charge in [0, 0.05) is 26.4 Å². The number of hydrogen-bond acceptors (Lipinski definition) is 4. The van der Waals surface area contributed by atoms with Gasteiger partial charge in [-0.05, 0) is 12.5 Å². The summed E-state index contributed by atoms with van der Waals surface area (Å²) < 4.78 is 1.74. The molecule has 0 bridgehead atoms. The van der Waals surface area contributed by atoms with Crippen LogP contribution in [0.25, 0.3) is 5.82 Å². The van der Waals surface area contributed by atoms with Crippen LogP contribution in [0.4, 0.5) is 5.82 Å². The third-order valence-corrected chi connectivity index (χ3v) is 2.04. The highest BCUT2D eigenvalue weighted by Crippen LogP contribution is 2.10. The molecule has 5 heteroatoms. The Labute approximate surface area is 88.4 Å². The van der Waals surface area contributed by atoms with E-state index in [1.165, 1.54) is 0 Å². The molecule has 5 nitrogen and oxygen atoms in total. The molecule has 15 heavy (non-hydrogen) atoms. The maximum Gasteiger partial charge on any atom is 0.158 e.